The number of nitrogens with two attached hydrogens (primary N) is 2. The van der Waals surface area contributed by atoms with Crippen LogP contribution < -0.4 is 16.8 Å². The van der Waals surface area contributed by atoms with Crippen LogP contribution >= 0.6 is 0 Å². The maximum absolute atomic E-state index is 12.6. The molecule has 0 unspecified atom stereocenters. The fourth-order valence-electron chi connectivity index (χ4n) is 2.49. The van der Waals surface area contributed by atoms with Gasteiger partial charge in [0.25, 0.3) is 0 Å². The van der Waals surface area contributed by atoms with Crippen molar-refractivity contribution < 1.29 is 19.1 Å². The molecule has 0 aliphatic carbocycles. The Balaban J connectivity index is 5.07. The molecule has 7 nitrogen and oxygen atoms in total. The summed E-state index contributed by atoms with van der Waals surface area (Å²) in [6.07, 6.45) is 2.66. The first-order valence-corrected chi connectivity index (χ1v) is 9.13. The maximum atomic E-state index is 12.6. The van der Waals surface area contributed by atoms with Gasteiger partial charge in [-0.2, -0.15) is 0 Å². The van der Waals surface area contributed by atoms with Gasteiger partial charge in [-0.25, -0.2) is 4.79 Å². The van der Waals surface area contributed by atoms with Crippen LogP contribution in [-0.4, -0.2) is 36.0 Å². The van der Waals surface area contributed by atoms with E-state index in [4.69, 9.17) is 16.2 Å². The molecule has 2 amide bonds. The zero-order valence-electron chi connectivity index (χ0n) is 16.2. The van der Waals surface area contributed by atoms with Crippen LogP contribution in [0.2, 0.25) is 0 Å². The van der Waals surface area contributed by atoms with Crippen molar-refractivity contribution in [3.8, 4) is 0 Å². The highest BCUT2D eigenvalue weighted by molar-refractivity contribution is 5.87. The van der Waals surface area contributed by atoms with Crippen molar-refractivity contribution in [2.45, 2.75) is 84.9 Å². The summed E-state index contributed by atoms with van der Waals surface area (Å²) in [4.78, 5) is 35.8. The van der Waals surface area contributed by atoms with Crippen molar-refractivity contribution in [2.75, 3.05) is 0 Å². The van der Waals surface area contributed by atoms with E-state index >= 15 is 0 Å². The Morgan fingerprint density at radius 3 is 2.16 bits per heavy atom. The second kappa shape index (κ2) is 11.8. The van der Waals surface area contributed by atoms with Crippen molar-refractivity contribution in [3.63, 3.8) is 0 Å². The minimum absolute atomic E-state index is 0.0141. The average molecular weight is 357 g/mol. The summed E-state index contributed by atoms with van der Waals surface area (Å²) in [5, 5.41) is 2.63. The number of carbonyl (C=O) groups is 3. The van der Waals surface area contributed by atoms with Gasteiger partial charge in [0.15, 0.2) is 0 Å². The number of hydrogen-bond donors (Lipinski definition) is 3. The van der Waals surface area contributed by atoms with E-state index in [-0.39, 0.29) is 18.3 Å². The lowest BCUT2D eigenvalue weighted by Gasteiger charge is -2.27. The van der Waals surface area contributed by atoms with E-state index < -0.39 is 36.0 Å². The second-order valence-electron chi connectivity index (χ2n) is 7.24. The topological polar surface area (TPSA) is 125 Å². The quantitative estimate of drug-likeness (QED) is 0.456. The maximum Gasteiger partial charge on any atom is 0.328 e. The highest BCUT2D eigenvalue weighted by Gasteiger charge is 2.29. The zero-order chi connectivity index (χ0) is 19.6. The number of ether oxygens (including phenoxy) is 1. The Hall–Kier alpha value is -1.63. The standard InChI is InChI=1S/C18H35N3O4/c1-6-7-8-12(4)15(10-16(20)22)25-18(24)14(9-11(2)3)21-17(23)13(5)19/h11-15H,6-10,19H2,1-5H3,(H2,20,22)(H,21,23)/t12-,13-,14+,15-/m0/s1. The van der Waals surface area contributed by atoms with E-state index in [1.807, 2.05) is 20.8 Å². The SMILES string of the molecule is CCCC[C@H](C)[C@H](CC(N)=O)OC(=O)[C@@H](CC(C)C)NC(=O)[C@H](C)N. The van der Waals surface area contributed by atoms with Gasteiger partial charge >= 0.3 is 5.97 Å². The van der Waals surface area contributed by atoms with Gasteiger partial charge in [-0.15, -0.1) is 0 Å². The summed E-state index contributed by atoms with van der Waals surface area (Å²) in [6, 6.07) is -1.50. The highest BCUT2D eigenvalue weighted by atomic mass is 16.5. The molecule has 0 saturated heterocycles. The summed E-state index contributed by atoms with van der Waals surface area (Å²) in [7, 11) is 0. The van der Waals surface area contributed by atoms with Crippen molar-refractivity contribution in [3.05, 3.63) is 0 Å². The first-order valence-electron chi connectivity index (χ1n) is 9.13. The molecule has 4 atom stereocenters. The lowest BCUT2D eigenvalue weighted by Crippen LogP contribution is -2.49. The Morgan fingerprint density at radius 1 is 1.12 bits per heavy atom. The van der Waals surface area contributed by atoms with E-state index in [0.29, 0.717) is 6.42 Å². The highest BCUT2D eigenvalue weighted by Crippen LogP contribution is 2.19. The molecule has 7 heteroatoms. The van der Waals surface area contributed by atoms with Crippen molar-refractivity contribution in [1.82, 2.24) is 5.32 Å². The lowest BCUT2D eigenvalue weighted by molar-refractivity contribution is -0.157. The second-order valence-corrected chi connectivity index (χ2v) is 7.24. The summed E-state index contributed by atoms with van der Waals surface area (Å²) in [5.74, 6) is -1.27. The number of nitrogens with one attached hydrogen (secondary N) is 1. The van der Waals surface area contributed by atoms with Crippen LogP contribution in [0.1, 0.15) is 66.7 Å². The van der Waals surface area contributed by atoms with E-state index in [1.54, 1.807) is 6.92 Å². The minimum Gasteiger partial charge on any atom is -0.460 e. The van der Waals surface area contributed by atoms with E-state index in [0.717, 1.165) is 19.3 Å². The summed E-state index contributed by atoms with van der Waals surface area (Å²) in [6.45, 7) is 9.46. The summed E-state index contributed by atoms with van der Waals surface area (Å²) < 4.78 is 5.57. The molecule has 146 valence electrons. The third-order valence-corrected chi connectivity index (χ3v) is 4.04. The fraction of sp³-hybridized carbons (Fsp3) is 0.833. The minimum atomic E-state index is -0.785. The number of hydrogen-bond acceptors (Lipinski definition) is 5. The van der Waals surface area contributed by atoms with Gasteiger partial charge in [-0.1, -0.05) is 40.5 Å². The van der Waals surface area contributed by atoms with Gasteiger partial charge in [0.2, 0.25) is 11.8 Å². The monoisotopic (exact) mass is 357 g/mol. The number of amides is 2. The molecule has 0 radical (unpaired) electrons. The van der Waals surface area contributed by atoms with Gasteiger partial charge in [-0.3, -0.25) is 9.59 Å². The zero-order valence-corrected chi connectivity index (χ0v) is 16.2. The molecule has 0 aromatic heterocycles. The van der Waals surface area contributed by atoms with Crippen LogP contribution in [0.4, 0.5) is 0 Å². The Morgan fingerprint density at radius 2 is 1.72 bits per heavy atom. The number of carbonyl (C=O) groups excluding carboxylic acids is 3. The fourth-order valence-corrected chi connectivity index (χ4v) is 2.49. The molecule has 0 spiro atoms. The first-order chi connectivity index (χ1) is 11.6. The predicted molar refractivity (Wildman–Crippen MR) is 97.4 cm³/mol. The number of primary amides is 1. The summed E-state index contributed by atoms with van der Waals surface area (Å²) >= 11 is 0. The van der Waals surface area contributed by atoms with E-state index in [1.165, 1.54) is 0 Å². The average Bonchev–Trinajstić information content (AvgIpc) is 2.49. The molecular formula is C18H35N3O4. The number of rotatable bonds is 12. The Kier molecular flexibility index (Phi) is 11.1. The van der Waals surface area contributed by atoms with Crippen LogP contribution in [0.3, 0.4) is 0 Å². The molecule has 0 saturated carbocycles. The van der Waals surface area contributed by atoms with Gasteiger partial charge in [0.1, 0.15) is 12.1 Å². The molecule has 0 aliphatic rings. The van der Waals surface area contributed by atoms with Crippen molar-refractivity contribution >= 4 is 17.8 Å². The van der Waals surface area contributed by atoms with Crippen LogP contribution in [0.15, 0.2) is 0 Å². The summed E-state index contributed by atoms with van der Waals surface area (Å²) in [5.41, 5.74) is 10.9. The first kappa shape index (κ1) is 23.4. The molecule has 0 bridgehead atoms. The van der Waals surface area contributed by atoms with Gasteiger partial charge < -0.3 is 21.5 Å². The van der Waals surface area contributed by atoms with Crippen LogP contribution in [-0.2, 0) is 19.1 Å². The lowest BCUT2D eigenvalue weighted by atomic mass is 9.95. The molecule has 0 aromatic rings. The van der Waals surface area contributed by atoms with Gasteiger partial charge in [0, 0.05) is 0 Å². The van der Waals surface area contributed by atoms with Crippen LogP contribution in [0.25, 0.3) is 0 Å². The number of esters is 1. The molecule has 0 heterocycles. The Bertz CT molecular complexity index is 438. The van der Waals surface area contributed by atoms with E-state index in [2.05, 4.69) is 12.2 Å². The van der Waals surface area contributed by atoms with Crippen molar-refractivity contribution in [1.29, 1.82) is 0 Å². The molecule has 0 fully saturated rings. The van der Waals surface area contributed by atoms with Gasteiger partial charge in [-0.05, 0) is 31.6 Å². The third-order valence-electron chi connectivity index (χ3n) is 4.04. The Labute approximate surface area is 151 Å². The van der Waals surface area contributed by atoms with E-state index in [9.17, 15) is 14.4 Å². The smallest absolute Gasteiger partial charge is 0.328 e. The van der Waals surface area contributed by atoms with Gasteiger partial charge in [0.05, 0.1) is 12.5 Å². The largest absolute Gasteiger partial charge is 0.460 e. The normalized spacial score (nSPS) is 16.0. The van der Waals surface area contributed by atoms with Crippen LogP contribution in [0, 0.1) is 11.8 Å². The molecule has 0 aromatic carbocycles. The van der Waals surface area contributed by atoms with Crippen LogP contribution in [0.5, 0.6) is 0 Å². The molecule has 5 N–H and O–H groups in total. The van der Waals surface area contributed by atoms with Crippen molar-refractivity contribution in [2.24, 2.45) is 23.3 Å². The number of unbranched alkanes of at least 4 members (excludes halogenated alkanes) is 1. The molecule has 0 rings (SSSR count). The third kappa shape index (κ3) is 10.1. The molecule has 0 aliphatic heterocycles. The molecule has 25 heavy (non-hydrogen) atoms. The molecular weight excluding hydrogens is 322 g/mol. The predicted octanol–water partition coefficient (Wildman–Crippen LogP) is 1.48.